The normalized spacial score (nSPS) is 18.2. The Kier molecular flexibility index (Phi) is 4.48. The summed E-state index contributed by atoms with van der Waals surface area (Å²) in [5.41, 5.74) is 1.14. The number of benzene rings is 1. The molecule has 1 saturated heterocycles. The maximum atomic E-state index is 4.72. The highest BCUT2D eigenvalue weighted by atomic mass is 79.9. The summed E-state index contributed by atoms with van der Waals surface area (Å²) in [6.07, 6.45) is 0. The summed E-state index contributed by atoms with van der Waals surface area (Å²) in [6, 6.07) is 8.40. The second kappa shape index (κ2) is 6.31. The predicted molar refractivity (Wildman–Crippen MR) is 85.1 cm³/mol. The number of para-hydroxylation sites is 1. The highest BCUT2D eigenvalue weighted by Crippen LogP contribution is 2.22. The van der Waals surface area contributed by atoms with Crippen molar-refractivity contribution < 1.29 is 0 Å². The fourth-order valence-electron chi connectivity index (χ4n) is 2.47. The van der Waals surface area contributed by atoms with Gasteiger partial charge in [0.2, 0.25) is 0 Å². The van der Waals surface area contributed by atoms with Gasteiger partial charge in [-0.05, 0) is 12.1 Å². The van der Waals surface area contributed by atoms with E-state index in [9.17, 15) is 0 Å². The molecule has 1 fully saturated rings. The van der Waals surface area contributed by atoms with Crippen molar-refractivity contribution in [1.29, 1.82) is 0 Å². The van der Waals surface area contributed by atoms with E-state index in [1.807, 2.05) is 11.3 Å². The van der Waals surface area contributed by atoms with Crippen LogP contribution in [0.4, 0.5) is 0 Å². The van der Waals surface area contributed by atoms with Crippen LogP contribution in [0.15, 0.2) is 24.3 Å². The maximum Gasteiger partial charge on any atom is 0.108 e. The molecule has 2 heterocycles. The standard InChI is InChI=1S/C14H18BrN3S/c15-5-6-17-7-9-18(10-8-17)11-14-16-12-3-1-2-4-13(12)19-14/h1-4H,5-11H2. The molecule has 0 unspecified atom stereocenters. The van der Waals surface area contributed by atoms with Crippen molar-refractivity contribution in [3.63, 3.8) is 0 Å². The van der Waals surface area contributed by atoms with E-state index in [4.69, 9.17) is 4.98 Å². The minimum atomic E-state index is 1.00. The molecule has 19 heavy (non-hydrogen) atoms. The van der Waals surface area contributed by atoms with Gasteiger partial charge in [0.05, 0.1) is 16.8 Å². The molecule has 1 aromatic heterocycles. The molecule has 5 heteroatoms. The third-order valence-corrected chi connectivity index (χ3v) is 4.94. The summed E-state index contributed by atoms with van der Waals surface area (Å²) in [5.74, 6) is 0. The molecule has 0 amide bonds. The van der Waals surface area contributed by atoms with Gasteiger partial charge in [-0.25, -0.2) is 4.98 Å². The Morgan fingerprint density at radius 2 is 1.84 bits per heavy atom. The zero-order valence-corrected chi connectivity index (χ0v) is 13.3. The minimum absolute atomic E-state index is 1.00. The zero-order chi connectivity index (χ0) is 13.1. The Hall–Kier alpha value is -0.490. The first-order valence-electron chi connectivity index (χ1n) is 6.70. The van der Waals surface area contributed by atoms with E-state index < -0.39 is 0 Å². The van der Waals surface area contributed by atoms with Crippen molar-refractivity contribution in [1.82, 2.24) is 14.8 Å². The Morgan fingerprint density at radius 3 is 2.58 bits per heavy atom. The van der Waals surface area contributed by atoms with Crippen LogP contribution in [0.2, 0.25) is 0 Å². The Labute approximate surface area is 126 Å². The molecule has 0 aliphatic carbocycles. The first kappa shape index (κ1) is 13.5. The number of halogens is 1. The number of fused-ring (bicyclic) bond motifs is 1. The summed E-state index contributed by atoms with van der Waals surface area (Å²) in [5, 5.41) is 2.32. The van der Waals surface area contributed by atoms with Crippen molar-refractivity contribution in [3.8, 4) is 0 Å². The lowest BCUT2D eigenvalue weighted by Crippen LogP contribution is -2.46. The lowest BCUT2D eigenvalue weighted by atomic mass is 10.3. The summed E-state index contributed by atoms with van der Waals surface area (Å²) >= 11 is 5.34. The fraction of sp³-hybridized carbons (Fsp3) is 0.500. The fourth-order valence-corrected chi connectivity index (χ4v) is 3.98. The minimum Gasteiger partial charge on any atom is -0.300 e. The van der Waals surface area contributed by atoms with Crippen LogP contribution in [0.1, 0.15) is 5.01 Å². The molecule has 0 radical (unpaired) electrons. The quantitative estimate of drug-likeness (QED) is 0.798. The highest BCUT2D eigenvalue weighted by Gasteiger charge is 2.17. The second-order valence-electron chi connectivity index (χ2n) is 4.88. The third-order valence-electron chi connectivity index (χ3n) is 3.56. The molecule has 102 valence electrons. The van der Waals surface area contributed by atoms with Gasteiger partial charge in [0, 0.05) is 38.1 Å². The van der Waals surface area contributed by atoms with Crippen molar-refractivity contribution >= 4 is 37.5 Å². The van der Waals surface area contributed by atoms with Crippen LogP contribution >= 0.6 is 27.3 Å². The number of hydrogen-bond acceptors (Lipinski definition) is 4. The molecule has 0 saturated carbocycles. The molecule has 3 nitrogen and oxygen atoms in total. The molecular formula is C14H18BrN3S. The van der Waals surface area contributed by atoms with Crippen molar-refractivity contribution in [2.24, 2.45) is 0 Å². The Bertz CT molecular complexity index is 501. The molecule has 0 bridgehead atoms. The average molecular weight is 340 g/mol. The van der Waals surface area contributed by atoms with Crippen molar-refractivity contribution in [2.45, 2.75) is 6.54 Å². The Balaban J connectivity index is 1.60. The maximum absolute atomic E-state index is 4.72. The molecular weight excluding hydrogens is 322 g/mol. The molecule has 3 rings (SSSR count). The average Bonchev–Trinajstić information content (AvgIpc) is 2.83. The molecule has 0 atom stereocenters. The van der Waals surface area contributed by atoms with Gasteiger partial charge in [-0.2, -0.15) is 0 Å². The number of alkyl halides is 1. The molecule has 2 aromatic rings. The van der Waals surface area contributed by atoms with E-state index in [1.54, 1.807) is 0 Å². The van der Waals surface area contributed by atoms with Crippen LogP contribution in [-0.2, 0) is 6.54 Å². The monoisotopic (exact) mass is 339 g/mol. The number of nitrogens with zero attached hydrogens (tertiary/aromatic N) is 3. The molecule has 1 aromatic carbocycles. The topological polar surface area (TPSA) is 19.4 Å². The van der Waals surface area contributed by atoms with Gasteiger partial charge >= 0.3 is 0 Å². The third kappa shape index (κ3) is 3.34. The van der Waals surface area contributed by atoms with Gasteiger partial charge in [-0.15, -0.1) is 11.3 Å². The van der Waals surface area contributed by atoms with Crippen LogP contribution < -0.4 is 0 Å². The van der Waals surface area contributed by atoms with Crippen LogP contribution in [0.25, 0.3) is 10.2 Å². The molecule has 0 N–H and O–H groups in total. The van der Waals surface area contributed by atoms with E-state index in [0.29, 0.717) is 0 Å². The Morgan fingerprint density at radius 1 is 1.11 bits per heavy atom. The van der Waals surface area contributed by atoms with Gasteiger partial charge in [0.25, 0.3) is 0 Å². The van der Waals surface area contributed by atoms with Crippen molar-refractivity contribution in [3.05, 3.63) is 29.3 Å². The summed E-state index contributed by atoms with van der Waals surface area (Å²) < 4.78 is 1.30. The largest absolute Gasteiger partial charge is 0.300 e. The summed E-state index contributed by atoms with van der Waals surface area (Å²) in [4.78, 5) is 9.75. The summed E-state index contributed by atoms with van der Waals surface area (Å²) in [6.45, 7) is 6.83. The molecule has 1 aliphatic rings. The lowest BCUT2D eigenvalue weighted by molar-refractivity contribution is 0.133. The van der Waals surface area contributed by atoms with Crippen LogP contribution in [-0.4, -0.2) is 52.8 Å². The van der Waals surface area contributed by atoms with Crippen LogP contribution in [0.5, 0.6) is 0 Å². The van der Waals surface area contributed by atoms with Crippen molar-refractivity contribution in [2.75, 3.05) is 38.1 Å². The van der Waals surface area contributed by atoms with Crippen LogP contribution in [0, 0.1) is 0 Å². The van der Waals surface area contributed by atoms with E-state index in [0.717, 1.165) is 37.0 Å². The van der Waals surface area contributed by atoms with Gasteiger partial charge in [-0.1, -0.05) is 28.1 Å². The highest BCUT2D eigenvalue weighted by molar-refractivity contribution is 9.09. The first-order chi connectivity index (χ1) is 9.35. The predicted octanol–water partition coefficient (Wildman–Crippen LogP) is 2.81. The van der Waals surface area contributed by atoms with E-state index in [2.05, 4.69) is 50.0 Å². The number of aromatic nitrogens is 1. The molecule has 0 spiro atoms. The van der Waals surface area contributed by atoms with Crippen LogP contribution in [0.3, 0.4) is 0 Å². The summed E-state index contributed by atoms with van der Waals surface area (Å²) in [7, 11) is 0. The van der Waals surface area contributed by atoms with E-state index in [-0.39, 0.29) is 0 Å². The first-order valence-corrected chi connectivity index (χ1v) is 8.64. The van der Waals surface area contributed by atoms with Gasteiger partial charge in [0.15, 0.2) is 0 Å². The van der Waals surface area contributed by atoms with E-state index in [1.165, 1.54) is 22.8 Å². The zero-order valence-electron chi connectivity index (χ0n) is 10.9. The molecule has 1 aliphatic heterocycles. The lowest BCUT2D eigenvalue weighted by Gasteiger charge is -2.33. The van der Waals surface area contributed by atoms with Gasteiger partial charge < -0.3 is 0 Å². The number of piperazine rings is 1. The van der Waals surface area contributed by atoms with Gasteiger partial charge in [0.1, 0.15) is 5.01 Å². The smallest absolute Gasteiger partial charge is 0.108 e. The number of rotatable bonds is 4. The number of hydrogen-bond donors (Lipinski definition) is 0. The SMILES string of the molecule is BrCCN1CCN(Cc2nc3ccccc3s2)CC1. The second-order valence-corrected chi connectivity index (χ2v) is 6.79. The van der Waals surface area contributed by atoms with E-state index >= 15 is 0 Å². The van der Waals surface area contributed by atoms with Gasteiger partial charge in [-0.3, -0.25) is 9.80 Å². The number of thiazole rings is 1.